The summed E-state index contributed by atoms with van der Waals surface area (Å²) in [7, 11) is 2.05. The summed E-state index contributed by atoms with van der Waals surface area (Å²) in [6, 6.07) is 2.43. The Morgan fingerprint density at radius 3 is 2.94 bits per heavy atom. The molecule has 1 N–H and O–H groups in total. The van der Waals surface area contributed by atoms with Crippen molar-refractivity contribution in [1.29, 1.82) is 0 Å². The van der Waals surface area contributed by atoms with Crippen LogP contribution in [0.1, 0.15) is 13.3 Å². The molecular weight excluding hydrogens is 204 g/mol. The van der Waals surface area contributed by atoms with E-state index in [1.807, 2.05) is 6.07 Å². The number of hydrogen-bond donors (Lipinski definition) is 1. The predicted molar refractivity (Wildman–Crippen MR) is 62.9 cm³/mol. The van der Waals surface area contributed by atoms with Gasteiger partial charge in [-0.2, -0.15) is 0 Å². The highest BCUT2D eigenvalue weighted by molar-refractivity contribution is 5.41. The zero-order valence-electron chi connectivity index (χ0n) is 9.81. The fourth-order valence-corrected chi connectivity index (χ4v) is 1.54. The van der Waals surface area contributed by atoms with Crippen LogP contribution >= 0.6 is 0 Å². The van der Waals surface area contributed by atoms with Crippen LogP contribution in [0.15, 0.2) is 12.4 Å². The van der Waals surface area contributed by atoms with Gasteiger partial charge in [-0.05, 0) is 6.42 Å². The molecule has 0 aromatic carbocycles. The minimum absolute atomic E-state index is 0.536. The second-order valence-corrected chi connectivity index (χ2v) is 3.99. The molecule has 88 valence electrons. The van der Waals surface area contributed by atoms with Crippen LogP contribution in [0.2, 0.25) is 0 Å². The highest BCUT2D eigenvalue weighted by Crippen LogP contribution is 2.17. The van der Waals surface area contributed by atoms with Crippen molar-refractivity contribution in [3.63, 3.8) is 0 Å². The first-order valence-corrected chi connectivity index (χ1v) is 5.69. The van der Waals surface area contributed by atoms with E-state index in [0.29, 0.717) is 18.5 Å². The third-order valence-electron chi connectivity index (χ3n) is 2.75. The van der Waals surface area contributed by atoms with Gasteiger partial charge >= 0.3 is 0 Å². The largest absolute Gasteiger partial charge is 0.478 e. The predicted octanol–water partition coefficient (Wildman–Crippen LogP) is 0.673. The number of ether oxygens (including phenoxy) is 1. The van der Waals surface area contributed by atoms with E-state index in [1.54, 1.807) is 6.33 Å². The normalized spacial score (nSPS) is 15.6. The SMILES string of the molecule is CCCOc1cc(N(C)C2CNC2)ncn1. The minimum Gasteiger partial charge on any atom is -0.478 e. The van der Waals surface area contributed by atoms with Crippen molar-refractivity contribution in [2.75, 3.05) is 31.6 Å². The minimum atomic E-state index is 0.536. The Kier molecular flexibility index (Phi) is 3.56. The van der Waals surface area contributed by atoms with Crippen LogP contribution in [0.5, 0.6) is 5.88 Å². The number of rotatable bonds is 5. The third-order valence-corrected chi connectivity index (χ3v) is 2.75. The lowest BCUT2D eigenvalue weighted by atomic mass is 10.1. The fraction of sp³-hybridized carbons (Fsp3) is 0.636. The molecule has 1 aliphatic heterocycles. The van der Waals surface area contributed by atoms with Gasteiger partial charge < -0.3 is 15.0 Å². The lowest BCUT2D eigenvalue weighted by Gasteiger charge is -2.36. The number of hydrogen-bond acceptors (Lipinski definition) is 5. The first kappa shape index (κ1) is 11.1. The number of likely N-dealkylation sites (N-methyl/N-ethyl adjacent to an activating group) is 1. The Morgan fingerprint density at radius 1 is 1.50 bits per heavy atom. The summed E-state index contributed by atoms with van der Waals surface area (Å²) in [4.78, 5) is 10.5. The van der Waals surface area contributed by atoms with Crippen LogP contribution in [-0.4, -0.2) is 42.8 Å². The first-order chi connectivity index (χ1) is 7.81. The van der Waals surface area contributed by atoms with Gasteiger partial charge in [0.05, 0.1) is 12.6 Å². The fourth-order valence-electron chi connectivity index (χ4n) is 1.54. The lowest BCUT2D eigenvalue weighted by molar-refractivity contribution is 0.304. The Bertz CT molecular complexity index is 341. The van der Waals surface area contributed by atoms with Gasteiger partial charge in [0.1, 0.15) is 12.1 Å². The Labute approximate surface area is 95.8 Å². The average Bonchev–Trinajstić information content (AvgIpc) is 2.24. The monoisotopic (exact) mass is 222 g/mol. The molecule has 0 amide bonds. The van der Waals surface area contributed by atoms with Gasteiger partial charge in [0.15, 0.2) is 0 Å². The van der Waals surface area contributed by atoms with E-state index < -0.39 is 0 Å². The zero-order valence-corrected chi connectivity index (χ0v) is 9.81. The molecule has 1 saturated heterocycles. The van der Waals surface area contributed by atoms with E-state index in [4.69, 9.17) is 4.74 Å². The summed E-state index contributed by atoms with van der Waals surface area (Å²) in [6.45, 7) is 4.82. The molecule has 1 aromatic heterocycles. The second kappa shape index (κ2) is 5.12. The van der Waals surface area contributed by atoms with E-state index in [9.17, 15) is 0 Å². The van der Waals surface area contributed by atoms with Gasteiger partial charge in [-0.3, -0.25) is 0 Å². The zero-order chi connectivity index (χ0) is 11.4. The highest BCUT2D eigenvalue weighted by Gasteiger charge is 2.22. The molecule has 0 spiro atoms. The molecule has 1 fully saturated rings. The summed E-state index contributed by atoms with van der Waals surface area (Å²) in [5, 5.41) is 3.24. The number of anilines is 1. The van der Waals surface area contributed by atoms with E-state index in [2.05, 4.69) is 34.2 Å². The van der Waals surface area contributed by atoms with Crippen molar-refractivity contribution >= 4 is 5.82 Å². The summed E-state index contributed by atoms with van der Waals surface area (Å²) in [5.74, 6) is 1.58. The molecule has 2 rings (SSSR count). The van der Waals surface area contributed by atoms with Crippen molar-refractivity contribution in [2.24, 2.45) is 0 Å². The Balaban J connectivity index is 2.02. The van der Waals surface area contributed by atoms with Crippen LogP contribution in [0.4, 0.5) is 5.82 Å². The van der Waals surface area contributed by atoms with Gasteiger partial charge in [-0.25, -0.2) is 9.97 Å². The van der Waals surface area contributed by atoms with E-state index >= 15 is 0 Å². The topological polar surface area (TPSA) is 50.3 Å². The van der Waals surface area contributed by atoms with Crippen molar-refractivity contribution in [2.45, 2.75) is 19.4 Å². The van der Waals surface area contributed by atoms with E-state index in [-0.39, 0.29) is 0 Å². The maximum atomic E-state index is 5.48. The third kappa shape index (κ3) is 2.41. The van der Waals surface area contributed by atoms with Gasteiger partial charge in [0, 0.05) is 26.2 Å². The van der Waals surface area contributed by atoms with Crippen molar-refractivity contribution in [3.05, 3.63) is 12.4 Å². The van der Waals surface area contributed by atoms with Gasteiger partial charge in [0.25, 0.3) is 0 Å². The average molecular weight is 222 g/mol. The molecule has 0 saturated carbocycles. The summed E-state index contributed by atoms with van der Waals surface area (Å²) in [5.41, 5.74) is 0. The van der Waals surface area contributed by atoms with E-state index in [1.165, 1.54) is 0 Å². The number of aromatic nitrogens is 2. The van der Waals surface area contributed by atoms with Gasteiger partial charge in [-0.15, -0.1) is 0 Å². The summed E-state index contributed by atoms with van der Waals surface area (Å²) >= 11 is 0. The maximum absolute atomic E-state index is 5.48. The Morgan fingerprint density at radius 2 is 2.31 bits per heavy atom. The molecule has 0 bridgehead atoms. The van der Waals surface area contributed by atoms with E-state index in [0.717, 1.165) is 25.3 Å². The highest BCUT2D eigenvalue weighted by atomic mass is 16.5. The molecule has 0 radical (unpaired) electrons. The van der Waals surface area contributed by atoms with Crippen molar-refractivity contribution in [1.82, 2.24) is 15.3 Å². The number of nitrogens with one attached hydrogen (secondary N) is 1. The quantitative estimate of drug-likeness (QED) is 0.793. The molecule has 1 aliphatic rings. The first-order valence-electron chi connectivity index (χ1n) is 5.69. The smallest absolute Gasteiger partial charge is 0.218 e. The Hall–Kier alpha value is -1.36. The van der Waals surface area contributed by atoms with Gasteiger partial charge in [0.2, 0.25) is 5.88 Å². The van der Waals surface area contributed by atoms with Gasteiger partial charge in [-0.1, -0.05) is 6.92 Å². The van der Waals surface area contributed by atoms with Crippen molar-refractivity contribution in [3.8, 4) is 5.88 Å². The molecule has 5 nitrogen and oxygen atoms in total. The molecule has 0 atom stereocenters. The van der Waals surface area contributed by atoms with Crippen LogP contribution in [0, 0.1) is 0 Å². The van der Waals surface area contributed by atoms with Crippen molar-refractivity contribution < 1.29 is 4.74 Å². The summed E-state index contributed by atoms with van der Waals surface area (Å²) in [6.07, 6.45) is 2.55. The molecule has 1 aromatic rings. The molecular formula is C11H18N4O. The molecule has 2 heterocycles. The van der Waals surface area contributed by atoms with Crippen LogP contribution < -0.4 is 15.0 Å². The summed E-state index contributed by atoms with van der Waals surface area (Å²) < 4.78 is 5.48. The second-order valence-electron chi connectivity index (χ2n) is 3.99. The lowest BCUT2D eigenvalue weighted by Crippen LogP contribution is -2.56. The molecule has 0 unspecified atom stereocenters. The van der Waals surface area contributed by atoms with Crippen LogP contribution in [0.3, 0.4) is 0 Å². The standard InChI is InChI=1S/C11H18N4O/c1-3-4-16-11-5-10(13-8-14-11)15(2)9-6-12-7-9/h5,8-9,12H,3-4,6-7H2,1-2H3. The van der Waals surface area contributed by atoms with Crippen LogP contribution in [-0.2, 0) is 0 Å². The number of nitrogens with zero attached hydrogens (tertiary/aromatic N) is 3. The molecule has 16 heavy (non-hydrogen) atoms. The molecule has 5 heteroatoms. The maximum Gasteiger partial charge on any atom is 0.218 e. The van der Waals surface area contributed by atoms with Crippen LogP contribution in [0.25, 0.3) is 0 Å². The molecule has 0 aliphatic carbocycles.